The molecule has 1 rings (SSSR count). The molecule has 4 nitrogen and oxygen atoms in total. The molecule has 0 aromatic rings. The average molecular weight is 256 g/mol. The van der Waals surface area contributed by atoms with Crippen LogP contribution in [0.15, 0.2) is 0 Å². The van der Waals surface area contributed by atoms with Crippen LogP contribution in [-0.4, -0.2) is 43.7 Å². The van der Waals surface area contributed by atoms with Crippen molar-refractivity contribution >= 4 is 5.91 Å². The molecule has 0 aromatic carbocycles. The number of amides is 1. The molecule has 18 heavy (non-hydrogen) atoms. The minimum Gasteiger partial charge on any atom is -0.383 e. The maximum Gasteiger partial charge on any atom is 0.225 e. The van der Waals surface area contributed by atoms with Crippen LogP contribution in [0.4, 0.5) is 0 Å². The van der Waals surface area contributed by atoms with Crippen molar-refractivity contribution in [3.63, 3.8) is 0 Å². The van der Waals surface area contributed by atoms with Gasteiger partial charge >= 0.3 is 0 Å². The second-order valence-electron chi connectivity index (χ2n) is 5.57. The first-order chi connectivity index (χ1) is 8.60. The summed E-state index contributed by atoms with van der Waals surface area (Å²) in [7, 11) is 1.68. The van der Waals surface area contributed by atoms with E-state index in [1.54, 1.807) is 7.11 Å². The van der Waals surface area contributed by atoms with E-state index >= 15 is 0 Å². The summed E-state index contributed by atoms with van der Waals surface area (Å²) < 4.78 is 5.08. The summed E-state index contributed by atoms with van der Waals surface area (Å²) in [5, 5.41) is 0. The second kappa shape index (κ2) is 7.74. The van der Waals surface area contributed by atoms with Gasteiger partial charge in [0.15, 0.2) is 0 Å². The second-order valence-corrected chi connectivity index (χ2v) is 5.57. The molecule has 0 radical (unpaired) electrons. The zero-order chi connectivity index (χ0) is 13.5. The summed E-state index contributed by atoms with van der Waals surface area (Å²) in [6.45, 7) is 6.21. The van der Waals surface area contributed by atoms with Crippen molar-refractivity contribution in [2.45, 2.75) is 45.6 Å². The van der Waals surface area contributed by atoms with Crippen LogP contribution in [0.5, 0.6) is 0 Å². The molecule has 0 aliphatic heterocycles. The standard InChI is InChI=1S/C14H28N2O2/c1-11(2)16(8-9-18-3)14(17)13-6-4-12(10-15)5-7-13/h11-13H,4-10,15H2,1-3H3. The number of hydrogen-bond donors (Lipinski definition) is 1. The molecule has 2 N–H and O–H groups in total. The maximum absolute atomic E-state index is 12.5. The lowest BCUT2D eigenvalue weighted by Crippen LogP contribution is -2.43. The number of nitrogens with two attached hydrogens (primary N) is 1. The molecule has 1 fully saturated rings. The Labute approximate surface area is 111 Å². The molecule has 0 bridgehead atoms. The Morgan fingerprint density at radius 1 is 1.33 bits per heavy atom. The highest BCUT2D eigenvalue weighted by molar-refractivity contribution is 5.79. The first-order valence-electron chi connectivity index (χ1n) is 7.09. The van der Waals surface area contributed by atoms with Gasteiger partial charge in [-0.2, -0.15) is 0 Å². The van der Waals surface area contributed by atoms with E-state index in [0.717, 1.165) is 32.2 Å². The average Bonchev–Trinajstić information content (AvgIpc) is 2.38. The van der Waals surface area contributed by atoms with Crippen molar-refractivity contribution in [3.8, 4) is 0 Å². The number of nitrogens with zero attached hydrogens (tertiary/aromatic N) is 1. The van der Waals surface area contributed by atoms with Gasteiger partial charge in [0.2, 0.25) is 5.91 Å². The predicted octanol–water partition coefficient (Wildman–Crippen LogP) is 1.63. The highest BCUT2D eigenvalue weighted by Crippen LogP contribution is 2.29. The van der Waals surface area contributed by atoms with Gasteiger partial charge in [-0.05, 0) is 52.0 Å². The smallest absolute Gasteiger partial charge is 0.225 e. The number of hydrogen-bond acceptors (Lipinski definition) is 3. The Kier molecular flexibility index (Phi) is 6.65. The Bertz CT molecular complexity index is 248. The molecular formula is C14H28N2O2. The first-order valence-corrected chi connectivity index (χ1v) is 7.09. The van der Waals surface area contributed by atoms with Crippen molar-refractivity contribution in [1.29, 1.82) is 0 Å². The minimum atomic E-state index is 0.201. The van der Waals surface area contributed by atoms with Gasteiger partial charge in [0.1, 0.15) is 0 Å². The first kappa shape index (κ1) is 15.4. The predicted molar refractivity (Wildman–Crippen MR) is 73.2 cm³/mol. The SMILES string of the molecule is COCCN(C(=O)C1CCC(CN)CC1)C(C)C. The lowest BCUT2D eigenvalue weighted by Gasteiger charge is -2.33. The van der Waals surface area contributed by atoms with Gasteiger partial charge in [0.05, 0.1) is 6.61 Å². The lowest BCUT2D eigenvalue weighted by molar-refractivity contribution is -0.139. The van der Waals surface area contributed by atoms with Crippen LogP contribution in [0.2, 0.25) is 0 Å². The summed E-state index contributed by atoms with van der Waals surface area (Å²) >= 11 is 0. The molecule has 1 saturated carbocycles. The minimum absolute atomic E-state index is 0.201. The number of carbonyl (C=O) groups excluding carboxylic acids is 1. The van der Waals surface area contributed by atoms with E-state index in [1.807, 2.05) is 4.90 Å². The Morgan fingerprint density at radius 3 is 2.39 bits per heavy atom. The fourth-order valence-corrected chi connectivity index (χ4v) is 2.69. The maximum atomic E-state index is 12.5. The summed E-state index contributed by atoms with van der Waals surface area (Å²) in [6, 6.07) is 0.250. The normalized spacial score (nSPS) is 24.3. The van der Waals surface area contributed by atoms with Gasteiger partial charge in [0, 0.05) is 25.6 Å². The molecular weight excluding hydrogens is 228 g/mol. The van der Waals surface area contributed by atoms with Crippen LogP contribution < -0.4 is 5.73 Å². The zero-order valence-corrected chi connectivity index (χ0v) is 12.0. The Balaban J connectivity index is 2.50. The molecule has 0 heterocycles. The topological polar surface area (TPSA) is 55.6 Å². The molecule has 0 unspecified atom stereocenters. The third-order valence-corrected chi connectivity index (χ3v) is 3.97. The van der Waals surface area contributed by atoms with E-state index in [9.17, 15) is 4.79 Å². The molecule has 1 aliphatic carbocycles. The number of ether oxygens (including phenoxy) is 1. The highest BCUT2D eigenvalue weighted by Gasteiger charge is 2.29. The van der Waals surface area contributed by atoms with E-state index in [-0.39, 0.29) is 12.0 Å². The fourth-order valence-electron chi connectivity index (χ4n) is 2.69. The lowest BCUT2D eigenvalue weighted by atomic mass is 9.81. The fraction of sp³-hybridized carbons (Fsp3) is 0.929. The summed E-state index contributed by atoms with van der Waals surface area (Å²) in [6.07, 6.45) is 4.19. The molecule has 0 atom stereocenters. The molecule has 1 amide bonds. The van der Waals surface area contributed by atoms with E-state index in [2.05, 4.69) is 13.8 Å². The van der Waals surface area contributed by atoms with Crippen LogP contribution in [0.3, 0.4) is 0 Å². The van der Waals surface area contributed by atoms with Crippen molar-refractivity contribution in [1.82, 2.24) is 4.90 Å². The number of carbonyl (C=O) groups is 1. The van der Waals surface area contributed by atoms with Gasteiger partial charge in [-0.15, -0.1) is 0 Å². The Hall–Kier alpha value is -0.610. The van der Waals surface area contributed by atoms with Gasteiger partial charge in [-0.25, -0.2) is 0 Å². The van der Waals surface area contributed by atoms with E-state index in [4.69, 9.17) is 10.5 Å². The highest BCUT2D eigenvalue weighted by atomic mass is 16.5. The van der Waals surface area contributed by atoms with Gasteiger partial charge in [-0.1, -0.05) is 0 Å². The molecule has 0 aromatic heterocycles. The summed E-state index contributed by atoms with van der Waals surface area (Å²) in [4.78, 5) is 14.4. The Morgan fingerprint density at radius 2 is 1.94 bits per heavy atom. The third-order valence-electron chi connectivity index (χ3n) is 3.97. The summed E-state index contributed by atoms with van der Waals surface area (Å²) in [5.41, 5.74) is 5.69. The van der Waals surface area contributed by atoms with Crippen molar-refractivity contribution < 1.29 is 9.53 Å². The van der Waals surface area contributed by atoms with Crippen molar-refractivity contribution in [2.75, 3.05) is 26.8 Å². The number of rotatable bonds is 6. The molecule has 106 valence electrons. The zero-order valence-electron chi connectivity index (χ0n) is 12.0. The monoisotopic (exact) mass is 256 g/mol. The number of methoxy groups -OCH3 is 1. The van der Waals surface area contributed by atoms with Gasteiger partial charge in [-0.3, -0.25) is 4.79 Å². The van der Waals surface area contributed by atoms with E-state index in [1.165, 1.54) is 0 Å². The van der Waals surface area contributed by atoms with Crippen molar-refractivity contribution in [2.24, 2.45) is 17.6 Å². The van der Waals surface area contributed by atoms with E-state index < -0.39 is 0 Å². The van der Waals surface area contributed by atoms with Gasteiger partial charge in [0.25, 0.3) is 0 Å². The quantitative estimate of drug-likeness (QED) is 0.786. The third kappa shape index (κ3) is 4.25. The molecule has 0 spiro atoms. The summed E-state index contributed by atoms with van der Waals surface area (Å²) in [5.74, 6) is 1.13. The van der Waals surface area contributed by atoms with Crippen LogP contribution in [0.1, 0.15) is 39.5 Å². The molecule has 4 heteroatoms. The van der Waals surface area contributed by atoms with Crippen LogP contribution >= 0.6 is 0 Å². The van der Waals surface area contributed by atoms with Crippen LogP contribution in [0, 0.1) is 11.8 Å². The van der Waals surface area contributed by atoms with Crippen LogP contribution in [-0.2, 0) is 9.53 Å². The molecule has 1 aliphatic rings. The van der Waals surface area contributed by atoms with Crippen LogP contribution in [0.25, 0.3) is 0 Å². The largest absolute Gasteiger partial charge is 0.383 e. The van der Waals surface area contributed by atoms with E-state index in [0.29, 0.717) is 25.0 Å². The van der Waals surface area contributed by atoms with Gasteiger partial charge < -0.3 is 15.4 Å². The molecule has 0 saturated heterocycles. The van der Waals surface area contributed by atoms with Crippen molar-refractivity contribution in [3.05, 3.63) is 0 Å².